The normalized spacial score (nSPS) is 15.6. The zero-order chi connectivity index (χ0) is 20.8. The van der Waals surface area contributed by atoms with E-state index in [0.717, 1.165) is 28.9 Å². The number of hydrogen-bond acceptors (Lipinski definition) is 4. The molecule has 0 saturated carbocycles. The maximum atomic E-state index is 14.8. The molecule has 3 rings (SSSR count). The molecule has 29 heavy (non-hydrogen) atoms. The van der Waals surface area contributed by atoms with Crippen LogP contribution in [-0.2, 0) is 9.59 Å². The molecular formula is C24H19FO4. The molecule has 4 nitrogen and oxygen atoms in total. The number of benzene rings is 2. The smallest absolute Gasteiger partial charge is 0.335 e. The molecule has 0 fully saturated rings. The van der Waals surface area contributed by atoms with Crippen molar-refractivity contribution >= 4 is 23.1 Å². The minimum atomic E-state index is -1.17. The number of ether oxygens (including phenoxy) is 2. The Kier molecular flexibility index (Phi) is 6.19. The highest BCUT2D eigenvalue weighted by Crippen LogP contribution is 2.35. The Bertz CT molecular complexity index is 998. The summed E-state index contributed by atoms with van der Waals surface area (Å²) in [6.45, 7) is 6.70. The van der Waals surface area contributed by atoms with Crippen molar-refractivity contribution in [1.82, 2.24) is 0 Å². The van der Waals surface area contributed by atoms with Crippen LogP contribution in [0.3, 0.4) is 0 Å². The zero-order valence-electron chi connectivity index (χ0n) is 15.6. The Morgan fingerprint density at radius 3 is 1.76 bits per heavy atom. The summed E-state index contributed by atoms with van der Waals surface area (Å²) in [4.78, 5) is 22.5. The number of esters is 2. The third-order valence-electron chi connectivity index (χ3n) is 4.38. The second-order valence-corrected chi connectivity index (χ2v) is 6.28. The molecule has 2 aromatic rings. The minimum Gasteiger partial charge on any atom is -0.423 e. The molecule has 146 valence electrons. The summed E-state index contributed by atoms with van der Waals surface area (Å²) >= 11 is 0. The van der Waals surface area contributed by atoms with Gasteiger partial charge in [0, 0.05) is 18.6 Å². The van der Waals surface area contributed by atoms with E-state index in [1.54, 1.807) is 54.6 Å². The third-order valence-corrected chi connectivity index (χ3v) is 4.38. The van der Waals surface area contributed by atoms with Crippen LogP contribution in [0.2, 0.25) is 0 Å². The van der Waals surface area contributed by atoms with Gasteiger partial charge in [-0.2, -0.15) is 0 Å². The van der Waals surface area contributed by atoms with Gasteiger partial charge in [0.2, 0.25) is 0 Å². The van der Waals surface area contributed by atoms with Gasteiger partial charge in [-0.1, -0.05) is 49.6 Å². The first-order valence-electron chi connectivity index (χ1n) is 8.94. The van der Waals surface area contributed by atoms with Crippen molar-refractivity contribution in [3.8, 4) is 11.5 Å². The maximum absolute atomic E-state index is 14.8. The van der Waals surface area contributed by atoms with E-state index in [1.807, 2.05) is 6.08 Å². The Balaban J connectivity index is 1.75. The van der Waals surface area contributed by atoms with Crippen LogP contribution in [0, 0.1) is 0 Å². The summed E-state index contributed by atoms with van der Waals surface area (Å²) in [5.74, 6) is -0.300. The van der Waals surface area contributed by atoms with Gasteiger partial charge in [0.1, 0.15) is 17.7 Å². The largest absolute Gasteiger partial charge is 0.423 e. The van der Waals surface area contributed by atoms with Crippen LogP contribution in [0.15, 0.2) is 86.0 Å². The molecular weight excluding hydrogens is 371 g/mol. The number of rotatable bonds is 6. The van der Waals surface area contributed by atoms with Crippen LogP contribution < -0.4 is 9.47 Å². The SMILES string of the molecule is C=CC(=O)Oc1ccc(C2=CC=C(c3ccc(OC(=O)C=C)cc3)C(F)C2)cc1. The van der Waals surface area contributed by atoms with Gasteiger partial charge >= 0.3 is 11.9 Å². The molecule has 0 N–H and O–H groups in total. The molecule has 0 aliphatic heterocycles. The third kappa shape index (κ3) is 4.96. The van der Waals surface area contributed by atoms with Gasteiger partial charge < -0.3 is 9.47 Å². The molecule has 5 heteroatoms. The number of carbonyl (C=O) groups is 2. The van der Waals surface area contributed by atoms with Gasteiger partial charge in [-0.3, -0.25) is 0 Å². The standard InChI is InChI=1S/C24H19FO4/c1-3-23(26)28-19-10-5-16(6-11-19)18-9-14-21(22(25)15-18)17-7-12-20(13-8-17)29-24(27)4-2/h3-14,22H,1-2,15H2. The fraction of sp³-hybridized carbons (Fsp3) is 0.0833. The minimum absolute atomic E-state index is 0.227. The quantitative estimate of drug-likeness (QED) is 0.392. The molecule has 0 spiro atoms. The van der Waals surface area contributed by atoms with Crippen molar-refractivity contribution < 1.29 is 23.5 Å². The molecule has 2 aromatic carbocycles. The van der Waals surface area contributed by atoms with Crippen molar-refractivity contribution in [2.75, 3.05) is 0 Å². The second kappa shape index (κ2) is 8.97. The molecule has 1 unspecified atom stereocenters. The number of alkyl halides is 1. The molecule has 0 amide bonds. The van der Waals surface area contributed by atoms with E-state index in [9.17, 15) is 14.0 Å². The molecule has 1 atom stereocenters. The fourth-order valence-electron chi connectivity index (χ4n) is 2.93. The Morgan fingerprint density at radius 2 is 1.31 bits per heavy atom. The molecule has 1 aliphatic rings. The first-order chi connectivity index (χ1) is 14.0. The van der Waals surface area contributed by atoms with Crippen LogP contribution in [0.1, 0.15) is 17.5 Å². The number of carbonyl (C=O) groups excluding carboxylic acids is 2. The number of halogens is 1. The predicted molar refractivity (Wildman–Crippen MR) is 110 cm³/mol. The second-order valence-electron chi connectivity index (χ2n) is 6.28. The first-order valence-corrected chi connectivity index (χ1v) is 8.94. The van der Waals surface area contributed by atoms with Crippen molar-refractivity contribution in [2.24, 2.45) is 0 Å². The van der Waals surface area contributed by atoms with Crippen molar-refractivity contribution in [3.63, 3.8) is 0 Å². The van der Waals surface area contributed by atoms with Crippen LogP contribution in [0.4, 0.5) is 4.39 Å². The van der Waals surface area contributed by atoms with E-state index < -0.39 is 18.1 Å². The van der Waals surface area contributed by atoms with E-state index in [1.165, 1.54) is 0 Å². The summed E-state index contributed by atoms with van der Waals surface area (Å²) in [6, 6.07) is 13.6. The summed E-state index contributed by atoms with van der Waals surface area (Å²) in [5, 5.41) is 0. The molecule has 0 aromatic heterocycles. The van der Waals surface area contributed by atoms with Gasteiger partial charge in [-0.15, -0.1) is 0 Å². The van der Waals surface area contributed by atoms with Gasteiger partial charge in [-0.25, -0.2) is 14.0 Å². The molecule has 1 aliphatic carbocycles. The highest BCUT2D eigenvalue weighted by Gasteiger charge is 2.21. The highest BCUT2D eigenvalue weighted by atomic mass is 19.1. The Labute approximate surface area is 168 Å². The van der Waals surface area contributed by atoms with Gasteiger partial charge in [0.15, 0.2) is 0 Å². The molecule has 0 radical (unpaired) electrons. The predicted octanol–water partition coefficient (Wildman–Crippen LogP) is 5.08. The van der Waals surface area contributed by atoms with E-state index in [4.69, 9.17) is 9.47 Å². The van der Waals surface area contributed by atoms with Gasteiger partial charge in [0.25, 0.3) is 0 Å². The van der Waals surface area contributed by atoms with Crippen molar-refractivity contribution in [1.29, 1.82) is 0 Å². The fourth-order valence-corrected chi connectivity index (χ4v) is 2.93. The Hall–Kier alpha value is -3.73. The maximum Gasteiger partial charge on any atom is 0.335 e. The van der Waals surface area contributed by atoms with E-state index in [2.05, 4.69) is 13.2 Å². The monoisotopic (exact) mass is 390 g/mol. The summed E-state index contributed by atoms with van der Waals surface area (Å²) < 4.78 is 24.9. The topological polar surface area (TPSA) is 52.6 Å². The average molecular weight is 390 g/mol. The van der Waals surface area contributed by atoms with E-state index in [-0.39, 0.29) is 6.42 Å². The van der Waals surface area contributed by atoms with Crippen LogP contribution >= 0.6 is 0 Å². The lowest BCUT2D eigenvalue weighted by molar-refractivity contribution is -0.129. The lowest BCUT2D eigenvalue weighted by Gasteiger charge is -2.20. The van der Waals surface area contributed by atoms with E-state index in [0.29, 0.717) is 17.1 Å². The molecule has 0 bridgehead atoms. The van der Waals surface area contributed by atoms with Crippen LogP contribution in [0.25, 0.3) is 11.1 Å². The average Bonchev–Trinajstić information content (AvgIpc) is 2.74. The summed E-state index contributed by atoms with van der Waals surface area (Å²) in [6.07, 6.45) is 4.85. The number of hydrogen-bond donors (Lipinski definition) is 0. The van der Waals surface area contributed by atoms with Gasteiger partial charge in [-0.05, 0) is 46.5 Å². The lowest BCUT2D eigenvalue weighted by atomic mass is 9.88. The lowest BCUT2D eigenvalue weighted by Crippen LogP contribution is -2.09. The highest BCUT2D eigenvalue weighted by molar-refractivity contribution is 5.84. The Morgan fingerprint density at radius 1 is 0.828 bits per heavy atom. The van der Waals surface area contributed by atoms with Crippen molar-refractivity contribution in [3.05, 3.63) is 97.1 Å². The number of allylic oxidation sites excluding steroid dienone is 4. The van der Waals surface area contributed by atoms with Crippen molar-refractivity contribution in [2.45, 2.75) is 12.6 Å². The van der Waals surface area contributed by atoms with Gasteiger partial charge in [0.05, 0.1) is 0 Å². The van der Waals surface area contributed by atoms with Crippen LogP contribution in [-0.4, -0.2) is 18.1 Å². The van der Waals surface area contributed by atoms with Crippen LogP contribution in [0.5, 0.6) is 11.5 Å². The molecule has 0 saturated heterocycles. The summed E-state index contributed by atoms with van der Waals surface area (Å²) in [7, 11) is 0. The molecule has 0 heterocycles. The first kappa shape index (κ1) is 20.0. The van der Waals surface area contributed by atoms with E-state index >= 15 is 0 Å². The zero-order valence-corrected chi connectivity index (χ0v) is 15.6. The summed E-state index contributed by atoms with van der Waals surface area (Å²) in [5.41, 5.74) is 2.98.